The number of aromatic nitrogens is 2. The van der Waals surface area contributed by atoms with Crippen molar-refractivity contribution in [2.75, 3.05) is 18.1 Å². The zero-order valence-electron chi connectivity index (χ0n) is 10.2. The zero-order valence-corrected chi connectivity index (χ0v) is 11.8. The lowest BCUT2D eigenvalue weighted by Gasteiger charge is -2.43. The molecule has 5 heteroatoms. The van der Waals surface area contributed by atoms with E-state index < -0.39 is 0 Å². The first kappa shape index (κ1) is 12.8. The summed E-state index contributed by atoms with van der Waals surface area (Å²) in [6, 6.07) is 0.143. The van der Waals surface area contributed by atoms with Crippen molar-refractivity contribution in [3.8, 4) is 0 Å². The molecule has 0 bridgehead atoms. The Morgan fingerprint density at radius 2 is 2.12 bits per heavy atom. The lowest BCUT2D eigenvalue weighted by molar-refractivity contribution is 0.188. The highest BCUT2D eigenvalue weighted by Crippen LogP contribution is 2.33. The molecule has 1 aliphatic heterocycles. The Morgan fingerprint density at radius 1 is 1.47 bits per heavy atom. The number of rotatable bonds is 2. The second-order valence-electron chi connectivity index (χ2n) is 5.37. The van der Waals surface area contributed by atoms with Crippen LogP contribution in [0.5, 0.6) is 0 Å². The molecular weight excluding hydrogens is 282 g/mol. The number of aliphatic hydroxyl groups is 1. The molecule has 0 aliphatic carbocycles. The van der Waals surface area contributed by atoms with Crippen molar-refractivity contribution in [1.82, 2.24) is 9.97 Å². The number of hydrogen-bond donors (Lipinski definition) is 1. The fourth-order valence-corrected chi connectivity index (χ4v) is 2.46. The molecule has 1 N–H and O–H groups in total. The van der Waals surface area contributed by atoms with Crippen molar-refractivity contribution in [3.05, 3.63) is 16.9 Å². The van der Waals surface area contributed by atoms with E-state index in [1.165, 1.54) is 0 Å². The molecule has 0 aromatic carbocycles. The Hall–Kier alpha value is -0.680. The first-order valence-corrected chi connectivity index (χ1v) is 6.66. The van der Waals surface area contributed by atoms with E-state index >= 15 is 0 Å². The molecule has 2 heterocycles. The first-order valence-electron chi connectivity index (χ1n) is 5.87. The van der Waals surface area contributed by atoms with Gasteiger partial charge in [-0.3, -0.25) is 0 Å². The quantitative estimate of drug-likeness (QED) is 0.910. The third-order valence-electron chi connectivity index (χ3n) is 3.27. The summed E-state index contributed by atoms with van der Waals surface area (Å²) in [5.74, 6) is 0.708. The van der Waals surface area contributed by atoms with Crippen LogP contribution in [-0.4, -0.2) is 34.3 Å². The number of nitrogens with zero attached hydrogens (tertiary/aromatic N) is 3. The smallest absolute Gasteiger partial charge is 0.225 e. The van der Waals surface area contributed by atoms with Crippen molar-refractivity contribution in [1.29, 1.82) is 0 Å². The zero-order chi connectivity index (χ0) is 12.5. The van der Waals surface area contributed by atoms with Gasteiger partial charge in [0.1, 0.15) is 0 Å². The van der Waals surface area contributed by atoms with E-state index in [0.29, 0.717) is 5.95 Å². The van der Waals surface area contributed by atoms with Gasteiger partial charge in [-0.05, 0) is 34.2 Å². The second-order valence-corrected chi connectivity index (χ2v) is 6.28. The van der Waals surface area contributed by atoms with Crippen molar-refractivity contribution in [2.24, 2.45) is 5.41 Å². The summed E-state index contributed by atoms with van der Waals surface area (Å²) in [5.41, 5.74) is 0.252. The SMILES string of the molecule is CC1(C)CC[C@@H](CO)N(c2ncc(Br)cn2)C1. The highest BCUT2D eigenvalue weighted by molar-refractivity contribution is 9.10. The minimum Gasteiger partial charge on any atom is -0.394 e. The molecule has 17 heavy (non-hydrogen) atoms. The van der Waals surface area contributed by atoms with Gasteiger partial charge in [0, 0.05) is 18.9 Å². The van der Waals surface area contributed by atoms with Crippen molar-refractivity contribution in [3.63, 3.8) is 0 Å². The summed E-state index contributed by atoms with van der Waals surface area (Å²) < 4.78 is 0.873. The maximum Gasteiger partial charge on any atom is 0.225 e. The van der Waals surface area contributed by atoms with Gasteiger partial charge in [0.2, 0.25) is 5.95 Å². The molecule has 0 amide bonds. The van der Waals surface area contributed by atoms with Crippen LogP contribution in [0.15, 0.2) is 16.9 Å². The van der Waals surface area contributed by atoms with Crippen molar-refractivity contribution >= 4 is 21.9 Å². The third-order valence-corrected chi connectivity index (χ3v) is 3.68. The average Bonchev–Trinajstić information content (AvgIpc) is 2.29. The minimum atomic E-state index is 0.143. The van der Waals surface area contributed by atoms with Crippen LogP contribution < -0.4 is 4.90 Å². The molecule has 0 radical (unpaired) electrons. The van der Waals surface area contributed by atoms with Gasteiger partial charge in [0.15, 0.2) is 0 Å². The van der Waals surface area contributed by atoms with E-state index in [1.807, 2.05) is 0 Å². The summed E-state index contributed by atoms with van der Waals surface area (Å²) >= 11 is 3.33. The van der Waals surface area contributed by atoms with E-state index in [1.54, 1.807) is 12.4 Å². The van der Waals surface area contributed by atoms with Gasteiger partial charge in [-0.1, -0.05) is 13.8 Å². The molecule has 0 unspecified atom stereocenters. The maximum absolute atomic E-state index is 9.44. The molecule has 0 saturated carbocycles. The monoisotopic (exact) mass is 299 g/mol. The Kier molecular flexibility index (Phi) is 3.68. The van der Waals surface area contributed by atoms with E-state index in [-0.39, 0.29) is 18.1 Å². The van der Waals surface area contributed by atoms with Crippen LogP contribution >= 0.6 is 15.9 Å². The highest BCUT2D eigenvalue weighted by Gasteiger charge is 2.33. The van der Waals surface area contributed by atoms with E-state index in [4.69, 9.17) is 0 Å². The number of anilines is 1. The van der Waals surface area contributed by atoms with E-state index in [0.717, 1.165) is 23.9 Å². The molecule has 1 saturated heterocycles. The molecule has 1 aromatic rings. The fraction of sp³-hybridized carbons (Fsp3) is 0.667. The maximum atomic E-state index is 9.44. The lowest BCUT2D eigenvalue weighted by Crippen LogP contribution is -2.49. The van der Waals surface area contributed by atoms with Gasteiger partial charge in [0.25, 0.3) is 0 Å². The van der Waals surface area contributed by atoms with Crippen molar-refractivity contribution in [2.45, 2.75) is 32.7 Å². The van der Waals surface area contributed by atoms with Gasteiger partial charge in [-0.15, -0.1) is 0 Å². The van der Waals surface area contributed by atoms with Gasteiger partial charge >= 0.3 is 0 Å². The summed E-state index contributed by atoms with van der Waals surface area (Å²) in [6.45, 7) is 5.54. The Balaban J connectivity index is 2.23. The topological polar surface area (TPSA) is 49.2 Å². The molecule has 0 spiro atoms. The summed E-state index contributed by atoms with van der Waals surface area (Å²) in [7, 11) is 0. The summed E-state index contributed by atoms with van der Waals surface area (Å²) in [5, 5.41) is 9.44. The molecule has 1 aliphatic rings. The minimum absolute atomic E-state index is 0.143. The van der Waals surface area contributed by atoms with Gasteiger partial charge in [-0.25, -0.2) is 9.97 Å². The summed E-state index contributed by atoms with van der Waals surface area (Å²) in [4.78, 5) is 10.8. The Labute approximate surface area is 110 Å². The molecule has 4 nitrogen and oxygen atoms in total. The van der Waals surface area contributed by atoms with E-state index in [2.05, 4.69) is 44.6 Å². The second kappa shape index (κ2) is 4.90. The third kappa shape index (κ3) is 2.96. The Bertz CT molecular complexity index is 380. The van der Waals surface area contributed by atoms with Gasteiger partial charge in [-0.2, -0.15) is 0 Å². The van der Waals surface area contributed by atoms with Gasteiger partial charge < -0.3 is 10.0 Å². The Morgan fingerprint density at radius 3 is 2.71 bits per heavy atom. The normalized spacial score (nSPS) is 23.8. The molecular formula is C12H18BrN3O. The average molecular weight is 300 g/mol. The van der Waals surface area contributed by atoms with Crippen LogP contribution in [0, 0.1) is 5.41 Å². The van der Waals surface area contributed by atoms with Gasteiger partial charge in [0.05, 0.1) is 17.1 Å². The fourth-order valence-electron chi connectivity index (χ4n) is 2.26. The predicted octanol–water partition coefficient (Wildman–Crippen LogP) is 2.23. The van der Waals surface area contributed by atoms with Crippen LogP contribution in [0.2, 0.25) is 0 Å². The standard InChI is InChI=1S/C12H18BrN3O/c1-12(2)4-3-10(7-17)16(8-12)11-14-5-9(13)6-15-11/h5-6,10,17H,3-4,7-8H2,1-2H3/t10-/m0/s1. The van der Waals surface area contributed by atoms with Crippen LogP contribution in [0.1, 0.15) is 26.7 Å². The van der Waals surface area contributed by atoms with Crippen molar-refractivity contribution < 1.29 is 5.11 Å². The first-order chi connectivity index (χ1) is 8.02. The molecule has 1 atom stereocenters. The predicted molar refractivity (Wildman–Crippen MR) is 71.0 cm³/mol. The van der Waals surface area contributed by atoms with Crippen LogP contribution in [0.4, 0.5) is 5.95 Å². The molecule has 1 fully saturated rings. The molecule has 94 valence electrons. The van der Waals surface area contributed by atoms with E-state index in [9.17, 15) is 5.11 Å². The molecule has 2 rings (SSSR count). The van der Waals surface area contributed by atoms with Crippen LogP contribution in [0.3, 0.4) is 0 Å². The largest absolute Gasteiger partial charge is 0.394 e. The number of piperidine rings is 1. The summed E-state index contributed by atoms with van der Waals surface area (Å²) in [6.07, 6.45) is 5.62. The lowest BCUT2D eigenvalue weighted by atomic mass is 9.81. The number of hydrogen-bond acceptors (Lipinski definition) is 4. The molecule has 1 aromatic heterocycles. The van der Waals surface area contributed by atoms with Crippen LogP contribution in [-0.2, 0) is 0 Å². The number of aliphatic hydroxyl groups excluding tert-OH is 1. The number of halogens is 1. The van der Waals surface area contributed by atoms with Crippen LogP contribution in [0.25, 0.3) is 0 Å². The highest BCUT2D eigenvalue weighted by atomic mass is 79.9.